The maximum absolute atomic E-state index is 2.34. The molecular formula is C18H32. The minimum absolute atomic E-state index is 1.05. The first kappa shape index (κ1) is 17.2. The van der Waals surface area contributed by atoms with Gasteiger partial charge in [-0.2, -0.15) is 0 Å². The third-order valence-corrected chi connectivity index (χ3v) is 3.27. The Morgan fingerprint density at radius 3 is 1.22 bits per heavy atom. The Bertz CT molecular complexity index is 190. The number of hydrogen-bond acceptors (Lipinski definition) is 0. The molecule has 0 amide bonds. The van der Waals surface area contributed by atoms with Crippen molar-refractivity contribution in [3.63, 3.8) is 0 Å². The van der Waals surface area contributed by atoms with Crippen LogP contribution in [0.5, 0.6) is 0 Å². The van der Waals surface area contributed by atoms with Crippen LogP contribution in [0, 0.1) is 5.92 Å². The van der Waals surface area contributed by atoms with Gasteiger partial charge >= 0.3 is 0 Å². The van der Waals surface area contributed by atoms with Crippen molar-refractivity contribution >= 4 is 0 Å². The molecule has 1 aliphatic rings. The van der Waals surface area contributed by atoms with Crippen LogP contribution in [-0.4, -0.2) is 0 Å². The standard InChI is InChI=1S/C6H12.C6H6.C6H14/c1-6-4-2-3-5-6;1-2-4-6-5-3-1;1-3-5-6-4-2/h6H,2-5H2,1H3;1-6H;3-6H2,1-2H3. The minimum atomic E-state index is 1.05. The van der Waals surface area contributed by atoms with E-state index < -0.39 is 0 Å². The van der Waals surface area contributed by atoms with Gasteiger partial charge in [-0.1, -0.05) is 109 Å². The number of hydrogen-bond donors (Lipinski definition) is 0. The van der Waals surface area contributed by atoms with Gasteiger partial charge in [0, 0.05) is 0 Å². The van der Waals surface area contributed by atoms with Crippen LogP contribution >= 0.6 is 0 Å². The molecule has 104 valence electrons. The molecule has 0 bridgehead atoms. The van der Waals surface area contributed by atoms with Crippen molar-refractivity contribution < 1.29 is 0 Å². The lowest BCUT2D eigenvalue weighted by Crippen LogP contribution is -1.78. The van der Waals surface area contributed by atoms with E-state index in [1.165, 1.54) is 51.4 Å². The summed E-state index contributed by atoms with van der Waals surface area (Å²) in [6.45, 7) is 6.80. The summed E-state index contributed by atoms with van der Waals surface area (Å²) in [7, 11) is 0. The summed E-state index contributed by atoms with van der Waals surface area (Å²) in [5.41, 5.74) is 0. The maximum atomic E-state index is 2.34. The second kappa shape index (κ2) is 14.3. The van der Waals surface area contributed by atoms with E-state index in [4.69, 9.17) is 0 Å². The highest BCUT2D eigenvalue weighted by atomic mass is 14.1. The zero-order chi connectivity index (χ0) is 13.5. The van der Waals surface area contributed by atoms with Crippen LogP contribution in [0.25, 0.3) is 0 Å². The molecule has 0 spiro atoms. The molecule has 0 N–H and O–H groups in total. The van der Waals surface area contributed by atoms with Gasteiger partial charge in [0.15, 0.2) is 0 Å². The predicted molar refractivity (Wildman–Crippen MR) is 83.9 cm³/mol. The molecule has 0 radical (unpaired) electrons. The monoisotopic (exact) mass is 248 g/mol. The lowest BCUT2D eigenvalue weighted by molar-refractivity contribution is 0.612. The fraction of sp³-hybridized carbons (Fsp3) is 0.667. The number of rotatable bonds is 3. The van der Waals surface area contributed by atoms with E-state index in [0.717, 1.165) is 5.92 Å². The fourth-order valence-corrected chi connectivity index (χ4v) is 2.01. The third-order valence-electron chi connectivity index (χ3n) is 3.27. The lowest BCUT2D eigenvalue weighted by atomic mass is 10.2. The Balaban J connectivity index is 0.000000241. The topological polar surface area (TPSA) is 0 Å². The Labute approximate surface area is 115 Å². The summed E-state index contributed by atoms with van der Waals surface area (Å²) in [5.74, 6) is 1.05. The van der Waals surface area contributed by atoms with Crippen molar-refractivity contribution in [3.05, 3.63) is 36.4 Å². The van der Waals surface area contributed by atoms with Crippen LogP contribution in [0.2, 0.25) is 0 Å². The highest BCUT2D eigenvalue weighted by Gasteiger charge is 2.07. The van der Waals surface area contributed by atoms with Crippen molar-refractivity contribution in [1.29, 1.82) is 0 Å². The predicted octanol–water partition coefficient (Wildman–Crippen LogP) is 6.47. The van der Waals surface area contributed by atoms with Crippen molar-refractivity contribution in [2.24, 2.45) is 5.92 Å². The zero-order valence-corrected chi connectivity index (χ0v) is 12.7. The SMILES string of the molecule is CC1CCCC1.CCCCCC.c1ccccc1. The zero-order valence-electron chi connectivity index (χ0n) is 12.7. The van der Waals surface area contributed by atoms with Gasteiger partial charge < -0.3 is 0 Å². The molecule has 1 fully saturated rings. The van der Waals surface area contributed by atoms with Crippen LogP contribution in [-0.2, 0) is 0 Å². The first-order valence-corrected chi connectivity index (χ1v) is 7.81. The van der Waals surface area contributed by atoms with Crippen molar-refractivity contribution in [1.82, 2.24) is 0 Å². The highest BCUT2D eigenvalue weighted by Crippen LogP contribution is 2.22. The van der Waals surface area contributed by atoms with Gasteiger partial charge in [-0.15, -0.1) is 0 Å². The van der Waals surface area contributed by atoms with Crippen molar-refractivity contribution in [2.45, 2.75) is 72.1 Å². The fourth-order valence-electron chi connectivity index (χ4n) is 2.01. The van der Waals surface area contributed by atoms with Gasteiger partial charge in [-0.3, -0.25) is 0 Å². The van der Waals surface area contributed by atoms with Gasteiger partial charge in [0.05, 0.1) is 0 Å². The number of benzene rings is 1. The van der Waals surface area contributed by atoms with Gasteiger partial charge in [-0.25, -0.2) is 0 Å². The molecule has 2 rings (SSSR count). The summed E-state index contributed by atoms with van der Waals surface area (Å²) in [6.07, 6.45) is 11.5. The van der Waals surface area contributed by atoms with E-state index >= 15 is 0 Å². The highest BCUT2D eigenvalue weighted by molar-refractivity contribution is 4.99. The first-order chi connectivity index (χ1) is 8.81. The molecule has 0 unspecified atom stereocenters. The minimum Gasteiger partial charge on any atom is -0.0654 e. The molecule has 0 nitrogen and oxygen atoms in total. The van der Waals surface area contributed by atoms with E-state index in [9.17, 15) is 0 Å². The smallest absolute Gasteiger partial charge is 0.0443 e. The molecule has 18 heavy (non-hydrogen) atoms. The van der Waals surface area contributed by atoms with Crippen LogP contribution < -0.4 is 0 Å². The average molecular weight is 248 g/mol. The maximum Gasteiger partial charge on any atom is -0.0443 e. The van der Waals surface area contributed by atoms with Gasteiger partial charge in [-0.05, 0) is 5.92 Å². The van der Waals surface area contributed by atoms with Crippen LogP contribution in [0.1, 0.15) is 72.1 Å². The lowest BCUT2D eigenvalue weighted by Gasteiger charge is -1.91. The molecule has 0 atom stereocenters. The molecule has 0 aliphatic heterocycles. The quantitative estimate of drug-likeness (QED) is 0.538. The molecule has 0 heterocycles. The molecule has 1 saturated carbocycles. The molecule has 0 aromatic heterocycles. The number of unbranched alkanes of at least 4 members (excludes halogenated alkanes) is 3. The van der Waals surface area contributed by atoms with E-state index in [2.05, 4.69) is 20.8 Å². The molecule has 1 aliphatic carbocycles. The Kier molecular flexibility index (Phi) is 13.7. The van der Waals surface area contributed by atoms with E-state index in [1.54, 1.807) is 0 Å². The molecule has 0 heteroatoms. The largest absolute Gasteiger partial charge is 0.0654 e. The summed E-state index contributed by atoms with van der Waals surface area (Å²) < 4.78 is 0. The van der Waals surface area contributed by atoms with E-state index in [1.807, 2.05) is 36.4 Å². The molecule has 1 aromatic carbocycles. The Morgan fingerprint density at radius 2 is 1.06 bits per heavy atom. The average Bonchev–Trinajstić information content (AvgIpc) is 2.91. The summed E-state index contributed by atoms with van der Waals surface area (Å²) in [5, 5.41) is 0. The second-order valence-corrected chi connectivity index (χ2v) is 5.25. The summed E-state index contributed by atoms with van der Waals surface area (Å²) in [6, 6.07) is 12.0. The molecular weight excluding hydrogens is 216 g/mol. The first-order valence-electron chi connectivity index (χ1n) is 7.81. The van der Waals surface area contributed by atoms with Crippen LogP contribution in [0.15, 0.2) is 36.4 Å². The van der Waals surface area contributed by atoms with E-state index in [-0.39, 0.29) is 0 Å². The molecule has 1 aromatic rings. The van der Waals surface area contributed by atoms with Gasteiger partial charge in [0.25, 0.3) is 0 Å². The summed E-state index contributed by atoms with van der Waals surface area (Å²) in [4.78, 5) is 0. The van der Waals surface area contributed by atoms with E-state index in [0.29, 0.717) is 0 Å². The van der Waals surface area contributed by atoms with Crippen LogP contribution in [0.4, 0.5) is 0 Å². The van der Waals surface area contributed by atoms with Crippen LogP contribution in [0.3, 0.4) is 0 Å². The van der Waals surface area contributed by atoms with Crippen molar-refractivity contribution in [3.8, 4) is 0 Å². The second-order valence-electron chi connectivity index (χ2n) is 5.25. The van der Waals surface area contributed by atoms with Gasteiger partial charge in [0.1, 0.15) is 0 Å². The Hall–Kier alpha value is -0.780. The normalized spacial score (nSPS) is 14.2. The third kappa shape index (κ3) is 13.3. The molecule has 0 saturated heterocycles. The Morgan fingerprint density at radius 1 is 0.722 bits per heavy atom. The summed E-state index contributed by atoms with van der Waals surface area (Å²) >= 11 is 0. The van der Waals surface area contributed by atoms with Crippen molar-refractivity contribution in [2.75, 3.05) is 0 Å². The van der Waals surface area contributed by atoms with Gasteiger partial charge in [0.2, 0.25) is 0 Å².